The van der Waals surface area contributed by atoms with Crippen LogP contribution in [0, 0.1) is 5.92 Å². The van der Waals surface area contributed by atoms with E-state index >= 15 is 0 Å². The molecule has 0 aromatic carbocycles. The summed E-state index contributed by atoms with van der Waals surface area (Å²) in [5.74, 6) is 1.50. The number of hydrogen-bond acceptors (Lipinski definition) is 3. The van der Waals surface area contributed by atoms with Crippen LogP contribution in [0.2, 0.25) is 0 Å². The number of guanidine groups is 1. The molecular formula is C13H23N3. The Morgan fingerprint density at radius 2 is 2.38 bits per heavy atom. The zero-order valence-corrected chi connectivity index (χ0v) is 10.4. The molecule has 0 aromatic rings. The molecule has 0 spiro atoms. The fraction of sp³-hybridized carbons (Fsp3) is 0.769. The van der Waals surface area contributed by atoms with Gasteiger partial charge in [0.05, 0.1) is 12.6 Å². The predicted octanol–water partition coefficient (Wildman–Crippen LogP) is 2.14. The summed E-state index contributed by atoms with van der Waals surface area (Å²) in [6, 6.07) is 1.06. The van der Waals surface area contributed by atoms with Crippen molar-refractivity contribution in [2.24, 2.45) is 16.6 Å². The molecule has 0 saturated heterocycles. The Bertz CT molecular complexity index is 296. The molecule has 0 radical (unpaired) electrons. The van der Waals surface area contributed by atoms with Crippen LogP contribution in [0.5, 0.6) is 0 Å². The van der Waals surface area contributed by atoms with Gasteiger partial charge in [-0.05, 0) is 38.5 Å². The van der Waals surface area contributed by atoms with Crippen molar-refractivity contribution < 1.29 is 0 Å². The average molecular weight is 221 g/mol. The van der Waals surface area contributed by atoms with Gasteiger partial charge in [0.15, 0.2) is 5.96 Å². The van der Waals surface area contributed by atoms with Crippen molar-refractivity contribution in [1.29, 1.82) is 0 Å². The average Bonchev–Trinajstić information content (AvgIpc) is 2.71. The van der Waals surface area contributed by atoms with Gasteiger partial charge in [0.1, 0.15) is 0 Å². The molecule has 2 N–H and O–H groups in total. The van der Waals surface area contributed by atoms with Crippen molar-refractivity contribution >= 4 is 5.96 Å². The molecule has 3 heteroatoms. The molecular weight excluding hydrogens is 198 g/mol. The van der Waals surface area contributed by atoms with E-state index in [1.54, 1.807) is 0 Å². The maximum absolute atomic E-state index is 6.01. The molecule has 2 aliphatic rings. The third kappa shape index (κ3) is 2.08. The van der Waals surface area contributed by atoms with Crippen LogP contribution in [0.4, 0.5) is 0 Å². The predicted molar refractivity (Wildman–Crippen MR) is 68.4 cm³/mol. The topological polar surface area (TPSA) is 41.6 Å². The molecule has 3 atom stereocenters. The molecule has 0 saturated carbocycles. The summed E-state index contributed by atoms with van der Waals surface area (Å²) in [5, 5.41) is 0. The first kappa shape index (κ1) is 11.5. The van der Waals surface area contributed by atoms with Crippen LogP contribution in [0.1, 0.15) is 39.5 Å². The van der Waals surface area contributed by atoms with Crippen molar-refractivity contribution in [3.05, 3.63) is 12.2 Å². The summed E-state index contributed by atoms with van der Waals surface area (Å²) < 4.78 is 0. The number of nitrogens with zero attached hydrogens (tertiary/aromatic N) is 2. The van der Waals surface area contributed by atoms with Crippen molar-refractivity contribution in [3.8, 4) is 0 Å². The minimum Gasteiger partial charge on any atom is -0.370 e. The number of allylic oxidation sites excluding steroid dienone is 2. The molecule has 2 rings (SSSR count). The van der Waals surface area contributed by atoms with Gasteiger partial charge >= 0.3 is 0 Å². The summed E-state index contributed by atoms with van der Waals surface area (Å²) >= 11 is 0. The van der Waals surface area contributed by atoms with Gasteiger partial charge in [0.25, 0.3) is 0 Å². The molecule has 1 aliphatic carbocycles. The second-order valence-electron chi connectivity index (χ2n) is 4.98. The minimum absolute atomic E-state index is 0.516. The molecule has 0 fully saturated rings. The van der Waals surface area contributed by atoms with Crippen LogP contribution >= 0.6 is 0 Å². The largest absolute Gasteiger partial charge is 0.370 e. The van der Waals surface area contributed by atoms with Crippen molar-refractivity contribution in [3.63, 3.8) is 0 Å². The summed E-state index contributed by atoms with van der Waals surface area (Å²) in [6.45, 7) is 5.36. The lowest BCUT2D eigenvalue weighted by Crippen LogP contribution is -2.49. The Labute approximate surface area is 98.4 Å². The lowest BCUT2D eigenvalue weighted by molar-refractivity contribution is 0.192. The second kappa shape index (κ2) is 4.89. The van der Waals surface area contributed by atoms with Gasteiger partial charge in [-0.25, -0.2) is 0 Å². The number of aliphatic imine (C=N–C) groups is 1. The molecule has 16 heavy (non-hydrogen) atoms. The van der Waals surface area contributed by atoms with Crippen molar-refractivity contribution in [1.82, 2.24) is 4.90 Å². The Hall–Kier alpha value is -0.990. The molecule has 3 nitrogen and oxygen atoms in total. The van der Waals surface area contributed by atoms with E-state index in [0.29, 0.717) is 12.1 Å². The van der Waals surface area contributed by atoms with Crippen LogP contribution < -0.4 is 5.73 Å². The van der Waals surface area contributed by atoms with Gasteiger partial charge in [0.2, 0.25) is 0 Å². The van der Waals surface area contributed by atoms with Crippen LogP contribution in [0.3, 0.4) is 0 Å². The van der Waals surface area contributed by atoms with E-state index in [1.807, 2.05) is 0 Å². The van der Waals surface area contributed by atoms with Gasteiger partial charge in [-0.2, -0.15) is 0 Å². The van der Waals surface area contributed by atoms with E-state index in [0.717, 1.165) is 24.8 Å². The Morgan fingerprint density at radius 3 is 3.00 bits per heavy atom. The highest BCUT2D eigenvalue weighted by Gasteiger charge is 2.34. The van der Waals surface area contributed by atoms with Crippen molar-refractivity contribution in [2.75, 3.05) is 6.54 Å². The Kier molecular flexibility index (Phi) is 3.52. The van der Waals surface area contributed by atoms with E-state index in [1.165, 1.54) is 19.3 Å². The standard InChI is InChI=1S/C13H23N3/c1-3-10(2)16-12(9-15-13(16)14)11-7-5-4-6-8-11/h4-5,10-12H,3,6-9H2,1-2H3,(H2,14,15). The summed E-state index contributed by atoms with van der Waals surface area (Å²) in [6.07, 6.45) is 9.45. The second-order valence-corrected chi connectivity index (χ2v) is 4.98. The van der Waals surface area contributed by atoms with Crippen LogP contribution in [0.25, 0.3) is 0 Å². The highest BCUT2D eigenvalue weighted by molar-refractivity contribution is 5.80. The normalized spacial score (nSPS) is 31.6. The quantitative estimate of drug-likeness (QED) is 0.742. The van der Waals surface area contributed by atoms with E-state index in [9.17, 15) is 0 Å². The van der Waals surface area contributed by atoms with E-state index in [4.69, 9.17) is 5.73 Å². The zero-order valence-electron chi connectivity index (χ0n) is 10.4. The molecule has 1 aliphatic heterocycles. The van der Waals surface area contributed by atoms with E-state index in [-0.39, 0.29) is 0 Å². The monoisotopic (exact) mass is 221 g/mol. The van der Waals surface area contributed by atoms with Crippen LogP contribution in [-0.2, 0) is 0 Å². The third-order valence-electron chi connectivity index (χ3n) is 3.98. The third-order valence-corrected chi connectivity index (χ3v) is 3.98. The van der Waals surface area contributed by atoms with Crippen LogP contribution in [-0.4, -0.2) is 29.5 Å². The highest BCUT2D eigenvalue weighted by Crippen LogP contribution is 2.29. The fourth-order valence-corrected chi connectivity index (χ4v) is 2.82. The molecule has 0 bridgehead atoms. The van der Waals surface area contributed by atoms with E-state index in [2.05, 4.69) is 35.9 Å². The van der Waals surface area contributed by atoms with Gasteiger partial charge < -0.3 is 10.6 Å². The lowest BCUT2D eigenvalue weighted by atomic mass is 9.86. The van der Waals surface area contributed by atoms with Gasteiger partial charge in [-0.1, -0.05) is 19.1 Å². The summed E-state index contributed by atoms with van der Waals surface area (Å²) in [7, 11) is 0. The zero-order chi connectivity index (χ0) is 11.5. The number of hydrogen-bond donors (Lipinski definition) is 1. The van der Waals surface area contributed by atoms with Crippen LogP contribution in [0.15, 0.2) is 17.1 Å². The van der Waals surface area contributed by atoms with Gasteiger partial charge in [-0.3, -0.25) is 4.99 Å². The summed E-state index contributed by atoms with van der Waals surface area (Å²) in [5.41, 5.74) is 6.01. The SMILES string of the molecule is CCC(C)N1C(N)=NCC1C1CC=CCC1. The van der Waals surface area contributed by atoms with Gasteiger partial charge in [0, 0.05) is 6.04 Å². The molecule has 90 valence electrons. The molecule has 0 amide bonds. The van der Waals surface area contributed by atoms with Crippen molar-refractivity contribution in [2.45, 2.75) is 51.6 Å². The maximum Gasteiger partial charge on any atom is 0.191 e. The minimum atomic E-state index is 0.516. The summed E-state index contributed by atoms with van der Waals surface area (Å²) in [4.78, 5) is 6.79. The molecule has 1 heterocycles. The first-order chi connectivity index (χ1) is 7.74. The first-order valence-electron chi connectivity index (χ1n) is 6.47. The lowest BCUT2D eigenvalue weighted by Gasteiger charge is -2.37. The molecule has 3 unspecified atom stereocenters. The Balaban J connectivity index is 2.07. The smallest absolute Gasteiger partial charge is 0.191 e. The Morgan fingerprint density at radius 1 is 1.56 bits per heavy atom. The fourth-order valence-electron chi connectivity index (χ4n) is 2.82. The first-order valence-corrected chi connectivity index (χ1v) is 6.47. The molecule has 0 aromatic heterocycles. The number of rotatable bonds is 3. The highest BCUT2D eigenvalue weighted by atomic mass is 15.3. The van der Waals surface area contributed by atoms with E-state index < -0.39 is 0 Å². The number of nitrogens with two attached hydrogens (primary N) is 1. The maximum atomic E-state index is 6.01. The van der Waals surface area contributed by atoms with Gasteiger partial charge in [-0.15, -0.1) is 0 Å².